The standard InChI is InChI=1S/C21H24F3N5O2/c1-11(2)19-18(13(4)31-27-19)20(30)28-8-6-5-7-15(28)14-10-17-25-12(3)9-16(21(22,23)24)29(17)26-14/h9-11,15H,5-8H2,1-4H3. The molecule has 0 spiro atoms. The van der Waals surface area contributed by atoms with Crippen LogP contribution in [0.25, 0.3) is 5.65 Å². The predicted octanol–water partition coefficient (Wildman–Crippen LogP) is 4.84. The normalized spacial score (nSPS) is 17.7. The van der Waals surface area contributed by atoms with Crippen molar-refractivity contribution in [2.24, 2.45) is 0 Å². The molecule has 1 fully saturated rings. The maximum atomic E-state index is 13.5. The predicted molar refractivity (Wildman–Crippen MR) is 106 cm³/mol. The highest BCUT2D eigenvalue weighted by atomic mass is 19.4. The van der Waals surface area contributed by atoms with Crippen LogP contribution in [0, 0.1) is 13.8 Å². The maximum Gasteiger partial charge on any atom is 0.433 e. The summed E-state index contributed by atoms with van der Waals surface area (Å²) in [5.41, 5.74) is 0.895. The molecular formula is C21H24F3N5O2. The highest BCUT2D eigenvalue weighted by Gasteiger charge is 2.37. The van der Waals surface area contributed by atoms with Gasteiger partial charge < -0.3 is 9.42 Å². The van der Waals surface area contributed by atoms with Crippen LogP contribution in [0.15, 0.2) is 16.7 Å². The molecule has 7 nitrogen and oxygen atoms in total. The topological polar surface area (TPSA) is 76.5 Å². The van der Waals surface area contributed by atoms with Crippen molar-refractivity contribution in [3.05, 3.63) is 46.2 Å². The van der Waals surface area contributed by atoms with E-state index in [4.69, 9.17) is 4.52 Å². The third kappa shape index (κ3) is 3.79. The Hall–Kier alpha value is -2.91. The molecule has 3 aromatic heterocycles. The van der Waals surface area contributed by atoms with E-state index < -0.39 is 17.9 Å². The molecule has 1 saturated heterocycles. The van der Waals surface area contributed by atoms with Gasteiger partial charge in [-0.15, -0.1) is 0 Å². The van der Waals surface area contributed by atoms with Gasteiger partial charge in [-0.05, 0) is 45.1 Å². The van der Waals surface area contributed by atoms with E-state index in [-0.39, 0.29) is 23.2 Å². The lowest BCUT2D eigenvalue weighted by molar-refractivity contribution is -0.142. The van der Waals surface area contributed by atoms with Crippen LogP contribution in [0.5, 0.6) is 0 Å². The fourth-order valence-corrected chi connectivity index (χ4v) is 4.15. The van der Waals surface area contributed by atoms with Crippen LogP contribution in [0.4, 0.5) is 13.2 Å². The van der Waals surface area contributed by atoms with E-state index in [1.165, 1.54) is 6.92 Å². The second kappa shape index (κ2) is 7.65. The zero-order chi connectivity index (χ0) is 22.5. The number of aromatic nitrogens is 4. The first-order chi connectivity index (χ1) is 14.6. The van der Waals surface area contributed by atoms with Gasteiger partial charge in [-0.2, -0.15) is 18.3 Å². The highest BCUT2D eigenvalue weighted by Crippen LogP contribution is 2.35. The number of hydrogen-bond acceptors (Lipinski definition) is 5. The Balaban J connectivity index is 1.77. The van der Waals surface area contributed by atoms with Crippen molar-refractivity contribution in [3.63, 3.8) is 0 Å². The van der Waals surface area contributed by atoms with Crippen molar-refractivity contribution in [2.45, 2.75) is 65.1 Å². The number of likely N-dealkylation sites (tertiary alicyclic amines) is 1. The minimum absolute atomic E-state index is 0.00338. The lowest BCUT2D eigenvalue weighted by atomic mass is 9.96. The number of halogens is 3. The van der Waals surface area contributed by atoms with E-state index in [1.807, 2.05) is 13.8 Å². The second-order valence-electron chi connectivity index (χ2n) is 8.28. The Morgan fingerprint density at radius 2 is 1.97 bits per heavy atom. The van der Waals surface area contributed by atoms with Gasteiger partial charge in [0.25, 0.3) is 5.91 Å². The molecule has 1 aliphatic rings. The van der Waals surface area contributed by atoms with Gasteiger partial charge in [0.1, 0.15) is 17.0 Å². The summed E-state index contributed by atoms with van der Waals surface area (Å²) in [6.45, 7) is 7.55. The summed E-state index contributed by atoms with van der Waals surface area (Å²) in [5.74, 6) is 0.199. The SMILES string of the molecule is Cc1cc(C(F)(F)F)n2nc(C3CCCCN3C(=O)c3c(C(C)C)noc3C)cc2n1. The summed E-state index contributed by atoms with van der Waals surface area (Å²) in [4.78, 5) is 19.4. The van der Waals surface area contributed by atoms with E-state index in [1.54, 1.807) is 17.9 Å². The van der Waals surface area contributed by atoms with Gasteiger partial charge in [-0.1, -0.05) is 19.0 Å². The molecule has 1 unspecified atom stereocenters. The van der Waals surface area contributed by atoms with Crippen LogP contribution in [-0.2, 0) is 6.18 Å². The number of carbonyl (C=O) groups excluding carboxylic acids is 1. The number of hydrogen-bond donors (Lipinski definition) is 0. The Kier molecular flexibility index (Phi) is 5.26. The summed E-state index contributed by atoms with van der Waals surface area (Å²) in [6.07, 6.45) is -2.30. The molecule has 31 heavy (non-hydrogen) atoms. The van der Waals surface area contributed by atoms with Gasteiger partial charge in [0.15, 0.2) is 5.65 Å². The first-order valence-electron chi connectivity index (χ1n) is 10.3. The minimum Gasteiger partial charge on any atom is -0.361 e. The summed E-state index contributed by atoms with van der Waals surface area (Å²) in [7, 11) is 0. The zero-order valence-corrected chi connectivity index (χ0v) is 17.8. The average molecular weight is 435 g/mol. The molecular weight excluding hydrogens is 411 g/mol. The lowest BCUT2D eigenvalue weighted by Gasteiger charge is -2.34. The Morgan fingerprint density at radius 1 is 1.23 bits per heavy atom. The lowest BCUT2D eigenvalue weighted by Crippen LogP contribution is -2.39. The van der Waals surface area contributed by atoms with Gasteiger partial charge in [-0.25, -0.2) is 9.50 Å². The van der Waals surface area contributed by atoms with E-state index in [0.717, 1.165) is 23.4 Å². The van der Waals surface area contributed by atoms with Gasteiger partial charge >= 0.3 is 6.18 Å². The number of piperidine rings is 1. The molecule has 0 saturated carbocycles. The Bertz CT molecular complexity index is 1130. The smallest absolute Gasteiger partial charge is 0.361 e. The van der Waals surface area contributed by atoms with E-state index in [9.17, 15) is 18.0 Å². The summed E-state index contributed by atoms with van der Waals surface area (Å²) in [6, 6.07) is 2.07. The summed E-state index contributed by atoms with van der Waals surface area (Å²) < 4.78 is 46.7. The minimum atomic E-state index is -4.57. The third-order valence-corrected chi connectivity index (χ3v) is 5.62. The molecule has 1 amide bonds. The first kappa shape index (κ1) is 21.3. The molecule has 166 valence electrons. The van der Waals surface area contributed by atoms with E-state index in [0.29, 0.717) is 35.7 Å². The first-order valence-corrected chi connectivity index (χ1v) is 10.3. The van der Waals surface area contributed by atoms with E-state index >= 15 is 0 Å². The molecule has 0 bridgehead atoms. The fourth-order valence-electron chi connectivity index (χ4n) is 4.15. The molecule has 4 heterocycles. The largest absolute Gasteiger partial charge is 0.433 e. The quantitative estimate of drug-likeness (QED) is 0.588. The van der Waals surface area contributed by atoms with Gasteiger partial charge in [0.05, 0.1) is 17.4 Å². The zero-order valence-electron chi connectivity index (χ0n) is 17.8. The van der Waals surface area contributed by atoms with Crippen molar-refractivity contribution < 1.29 is 22.5 Å². The van der Waals surface area contributed by atoms with Crippen LogP contribution in [0.1, 0.15) is 84.0 Å². The van der Waals surface area contributed by atoms with Crippen LogP contribution in [0.3, 0.4) is 0 Å². The monoisotopic (exact) mass is 435 g/mol. The maximum absolute atomic E-state index is 13.5. The van der Waals surface area contributed by atoms with Gasteiger partial charge in [0, 0.05) is 18.3 Å². The third-order valence-electron chi connectivity index (χ3n) is 5.62. The number of amides is 1. The number of fused-ring (bicyclic) bond motifs is 1. The Morgan fingerprint density at radius 3 is 2.65 bits per heavy atom. The fraction of sp³-hybridized carbons (Fsp3) is 0.524. The molecule has 10 heteroatoms. The summed E-state index contributed by atoms with van der Waals surface area (Å²) >= 11 is 0. The van der Waals surface area contributed by atoms with Gasteiger partial charge in [-0.3, -0.25) is 4.79 Å². The average Bonchev–Trinajstić information content (AvgIpc) is 3.29. The molecule has 0 radical (unpaired) electrons. The van der Waals surface area contributed by atoms with Gasteiger partial charge in [0.2, 0.25) is 0 Å². The number of alkyl halides is 3. The summed E-state index contributed by atoms with van der Waals surface area (Å²) in [5, 5.41) is 8.27. The van der Waals surface area contributed by atoms with Crippen LogP contribution in [0.2, 0.25) is 0 Å². The van der Waals surface area contributed by atoms with Crippen LogP contribution in [-0.4, -0.2) is 37.1 Å². The molecule has 0 aromatic carbocycles. The molecule has 1 atom stereocenters. The van der Waals surface area contributed by atoms with Crippen LogP contribution < -0.4 is 0 Å². The number of rotatable bonds is 3. The molecule has 0 N–H and O–H groups in total. The van der Waals surface area contributed by atoms with Crippen molar-refractivity contribution in [1.29, 1.82) is 0 Å². The van der Waals surface area contributed by atoms with Crippen molar-refractivity contribution >= 4 is 11.6 Å². The number of aryl methyl sites for hydroxylation is 2. The van der Waals surface area contributed by atoms with Crippen molar-refractivity contribution in [2.75, 3.05) is 6.54 Å². The Labute approximate surface area is 177 Å². The molecule has 4 rings (SSSR count). The number of carbonyl (C=O) groups is 1. The molecule has 0 aliphatic carbocycles. The highest BCUT2D eigenvalue weighted by molar-refractivity contribution is 5.96. The van der Waals surface area contributed by atoms with Crippen molar-refractivity contribution in [1.82, 2.24) is 24.7 Å². The molecule has 3 aromatic rings. The number of nitrogens with zero attached hydrogens (tertiary/aromatic N) is 5. The second-order valence-corrected chi connectivity index (χ2v) is 8.28. The van der Waals surface area contributed by atoms with Crippen LogP contribution >= 0.6 is 0 Å². The van der Waals surface area contributed by atoms with Crippen molar-refractivity contribution in [3.8, 4) is 0 Å². The van der Waals surface area contributed by atoms with E-state index in [2.05, 4.69) is 15.2 Å². The molecule has 1 aliphatic heterocycles.